The molecule has 0 atom stereocenters. The number of rotatable bonds is 9. The molecular formula is C19H26BrN4+. The molecule has 2 rings (SSSR count). The first-order chi connectivity index (χ1) is 11.7. The van der Waals surface area contributed by atoms with E-state index in [0.29, 0.717) is 0 Å². The van der Waals surface area contributed by atoms with Gasteiger partial charge in [0.15, 0.2) is 12.4 Å². The molecule has 0 saturated heterocycles. The highest BCUT2D eigenvalue weighted by atomic mass is 79.9. The molecule has 4 nitrogen and oxygen atoms in total. The largest absolute Gasteiger partial charge is 0.378 e. The maximum absolute atomic E-state index is 4.35. The van der Waals surface area contributed by atoms with E-state index in [1.54, 1.807) is 0 Å². The minimum Gasteiger partial charge on any atom is -0.378 e. The summed E-state index contributed by atoms with van der Waals surface area (Å²) in [6.45, 7) is 1.03. The molecule has 0 amide bonds. The van der Waals surface area contributed by atoms with Gasteiger partial charge in [0, 0.05) is 37.6 Å². The van der Waals surface area contributed by atoms with Gasteiger partial charge in [0.25, 0.3) is 0 Å². The molecule has 0 radical (unpaired) electrons. The number of hydrogen-bond donors (Lipinski definition) is 0. The number of nitrogens with zero attached hydrogens (tertiary/aromatic N) is 4. The molecule has 0 spiro atoms. The number of halogens is 1. The van der Waals surface area contributed by atoms with Crippen molar-refractivity contribution in [1.29, 1.82) is 0 Å². The average Bonchev–Trinajstić information content (AvgIpc) is 2.60. The van der Waals surface area contributed by atoms with Gasteiger partial charge in [-0.1, -0.05) is 22.4 Å². The monoisotopic (exact) mass is 389 g/mol. The van der Waals surface area contributed by atoms with Gasteiger partial charge in [-0.25, -0.2) is 4.57 Å². The van der Waals surface area contributed by atoms with Crippen molar-refractivity contribution in [1.82, 2.24) is 0 Å². The summed E-state index contributed by atoms with van der Waals surface area (Å²) in [6, 6.07) is 12.1. The van der Waals surface area contributed by atoms with Crippen LogP contribution in [0.2, 0.25) is 0 Å². The third-order valence-corrected chi connectivity index (χ3v) is 4.35. The van der Waals surface area contributed by atoms with E-state index in [4.69, 9.17) is 0 Å². The van der Waals surface area contributed by atoms with Crippen molar-refractivity contribution in [2.45, 2.75) is 32.2 Å². The molecule has 24 heavy (non-hydrogen) atoms. The van der Waals surface area contributed by atoms with Crippen LogP contribution in [0.15, 0.2) is 59.0 Å². The van der Waals surface area contributed by atoms with Crippen LogP contribution in [-0.4, -0.2) is 19.4 Å². The van der Waals surface area contributed by atoms with Crippen molar-refractivity contribution in [3.8, 4) is 0 Å². The highest BCUT2D eigenvalue weighted by Crippen LogP contribution is 2.20. The van der Waals surface area contributed by atoms with Crippen LogP contribution < -0.4 is 9.47 Å². The number of anilines is 1. The molecule has 128 valence electrons. The van der Waals surface area contributed by atoms with Gasteiger partial charge in [-0.3, -0.25) is 0 Å². The Kier molecular flexibility index (Phi) is 7.89. The van der Waals surface area contributed by atoms with Crippen molar-refractivity contribution in [3.63, 3.8) is 0 Å². The second kappa shape index (κ2) is 10.2. The van der Waals surface area contributed by atoms with E-state index in [-0.39, 0.29) is 0 Å². The SMILES string of the molecule is CN(C)c1ccc(N=Nc2ccc[n+](CCCCCCBr)c2)cc1. The van der Waals surface area contributed by atoms with Crippen LogP contribution >= 0.6 is 15.9 Å². The summed E-state index contributed by atoms with van der Waals surface area (Å²) in [6.07, 6.45) is 9.16. The Labute approximate surface area is 153 Å². The van der Waals surface area contributed by atoms with E-state index in [1.807, 2.05) is 50.5 Å². The van der Waals surface area contributed by atoms with Gasteiger partial charge in [-0.2, -0.15) is 5.11 Å². The Morgan fingerprint density at radius 3 is 2.33 bits per heavy atom. The molecule has 0 aliphatic heterocycles. The molecule has 0 fully saturated rings. The highest BCUT2D eigenvalue weighted by Gasteiger charge is 2.02. The summed E-state index contributed by atoms with van der Waals surface area (Å²) in [5.41, 5.74) is 2.91. The van der Waals surface area contributed by atoms with Crippen molar-refractivity contribution in [3.05, 3.63) is 48.8 Å². The molecule has 0 unspecified atom stereocenters. The number of alkyl halides is 1. The number of aromatic nitrogens is 1. The zero-order valence-corrected chi connectivity index (χ0v) is 16.1. The maximum atomic E-state index is 4.35. The zero-order chi connectivity index (χ0) is 17.2. The van der Waals surface area contributed by atoms with Gasteiger partial charge in [-0.05, 0) is 43.2 Å². The Balaban J connectivity index is 1.91. The minimum absolute atomic E-state index is 0.866. The maximum Gasteiger partial charge on any atom is 0.196 e. The first-order valence-electron chi connectivity index (χ1n) is 8.43. The average molecular weight is 390 g/mol. The number of aryl methyl sites for hydroxylation is 1. The van der Waals surface area contributed by atoms with Crippen LogP contribution in [0.5, 0.6) is 0 Å². The van der Waals surface area contributed by atoms with Crippen LogP contribution in [-0.2, 0) is 6.54 Å². The number of pyridine rings is 1. The van der Waals surface area contributed by atoms with Crippen LogP contribution in [0, 0.1) is 0 Å². The Morgan fingerprint density at radius 1 is 0.917 bits per heavy atom. The Morgan fingerprint density at radius 2 is 1.62 bits per heavy atom. The van der Waals surface area contributed by atoms with Crippen molar-refractivity contribution in [2.75, 3.05) is 24.3 Å². The van der Waals surface area contributed by atoms with Crippen molar-refractivity contribution >= 4 is 33.0 Å². The van der Waals surface area contributed by atoms with Crippen molar-refractivity contribution < 1.29 is 4.57 Å². The first kappa shape index (κ1) is 18.6. The summed E-state index contributed by atoms with van der Waals surface area (Å²) in [4.78, 5) is 2.07. The molecule has 2 aromatic rings. The number of unbranched alkanes of at least 4 members (excludes halogenated alkanes) is 3. The second-order valence-electron chi connectivity index (χ2n) is 6.01. The standard InChI is InChI=1S/C19H26BrN4/c1-23(2)19-11-9-17(10-12-19)21-22-18-8-7-15-24(16-18)14-6-4-3-5-13-20/h7-12,15-16H,3-6,13-14H2,1-2H3/q+1. The third-order valence-electron chi connectivity index (χ3n) is 3.79. The number of benzene rings is 1. The molecular weight excluding hydrogens is 364 g/mol. The minimum atomic E-state index is 0.866. The van der Waals surface area contributed by atoms with Crippen LogP contribution in [0.25, 0.3) is 0 Å². The lowest BCUT2D eigenvalue weighted by Gasteiger charge is -2.11. The summed E-state index contributed by atoms with van der Waals surface area (Å²) in [5.74, 6) is 0. The highest BCUT2D eigenvalue weighted by molar-refractivity contribution is 9.09. The van der Waals surface area contributed by atoms with E-state index in [9.17, 15) is 0 Å². The summed E-state index contributed by atoms with van der Waals surface area (Å²) >= 11 is 3.47. The first-order valence-corrected chi connectivity index (χ1v) is 9.55. The van der Waals surface area contributed by atoms with Gasteiger partial charge in [0.2, 0.25) is 0 Å². The molecule has 5 heteroatoms. The number of hydrogen-bond acceptors (Lipinski definition) is 3. The Hall–Kier alpha value is -1.75. The number of azo groups is 1. The molecule has 0 aliphatic carbocycles. The normalized spacial score (nSPS) is 11.1. The molecule has 0 N–H and O–H groups in total. The van der Waals surface area contributed by atoms with Gasteiger partial charge in [-0.15, -0.1) is 5.11 Å². The van der Waals surface area contributed by atoms with Crippen LogP contribution in [0.1, 0.15) is 25.7 Å². The zero-order valence-electron chi connectivity index (χ0n) is 14.5. The summed E-state index contributed by atoms with van der Waals surface area (Å²) in [5, 5.41) is 9.78. The van der Waals surface area contributed by atoms with E-state index < -0.39 is 0 Å². The third kappa shape index (κ3) is 6.40. The van der Waals surface area contributed by atoms with Gasteiger partial charge < -0.3 is 4.90 Å². The predicted molar refractivity (Wildman–Crippen MR) is 104 cm³/mol. The quantitative estimate of drug-likeness (QED) is 0.244. The van der Waals surface area contributed by atoms with Gasteiger partial charge >= 0.3 is 0 Å². The summed E-state index contributed by atoms with van der Waals surface area (Å²) < 4.78 is 2.19. The molecule has 0 saturated carbocycles. The van der Waals surface area contributed by atoms with Gasteiger partial charge in [0.05, 0.1) is 5.69 Å². The lowest BCUT2D eigenvalue weighted by atomic mass is 10.2. The van der Waals surface area contributed by atoms with Crippen LogP contribution in [0.4, 0.5) is 17.1 Å². The molecule has 1 heterocycles. The van der Waals surface area contributed by atoms with Crippen molar-refractivity contribution in [2.24, 2.45) is 10.2 Å². The van der Waals surface area contributed by atoms with E-state index in [0.717, 1.165) is 28.9 Å². The predicted octanol–water partition coefficient (Wildman–Crippen LogP) is 5.41. The molecule has 0 bridgehead atoms. The molecule has 0 aliphatic rings. The fourth-order valence-corrected chi connectivity index (χ4v) is 2.78. The Bertz CT molecular complexity index is 638. The lowest BCUT2D eigenvalue weighted by Crippen LogP contribution is -2.32. The smallest absolute Gasteiger partial charge is 0.196 e. The van der Waals surface area contributed by atoms with Gasteiger partial charge in [0.1, 0.15) is 12.2 Å². The fourth-order valence-electron chi connectivity index (χ4n) is 2.38. The van der Waals surface area contributed by atoms with E-state index >= 15 is 0 Å². The second-order valence-corrected chi connectivity index (χ2v) is 6.81. The van der Waals surface area contributed by atoms with E-state index in [1.165, 1.54) is 25.7 Å². The fraction of sp³-hybridized carbons (Fsp3) is 0.421. The topological polar surface area (TPSA) is 31.8 Å². The molecule has 1 aromatic carbocycles. The van der Waals surface area contributed by atoms with Crippen LogP contribution in [0.3, 0.4) is 0 Å². The lowest BCUT2D eigenvalue weighted by molar-refractivity contribution is -0.696. The van der Waals surface area contributed by atoms with E-state index in [2.05, 4.69) is 48.0 Å². The summed E-state index contributed by atoms with van der Waals surface area (Å²) in [7, 11) is 4.05. The molecule has 1 aromatic heterocycles.